The minimum atomic E-state index is 0.134. The second kappa shape index (κ2) is 10.3. The van der Waals surface area contributed by atoms with Crippen molar-refractivity contribution in [2.75, 3.05) is 52.5 Å². The largest absolute Gasteiger partial charge is 0.469 e. The summed E-state index contributed by atoms with van der Waals surface area (Å²) in [5, 5.41) is 3.47. The monoisotopic (exact) mass is 376 g/mol. The molecular formula is C20H32N4O3. The molecule has 2 saturated heterocycles. The molecule has 1 aromatic heterocycles. The lowest BCUT2D eigenvalue weighted by Crippen LogP contribution is -2.50. The predicted octanol–water partition coefficient (Wildman–Crippen LogP) is 1.75. The number of aliphatic imine (C=N–C) groups is 1. The van der Waals surface area contributed by atoms with E-state index in [1.165, 1.54) is 0 Å². The molecule has 7 heteroatoms. The molecule has 0 saturated carbocycles. The van der Waals surface area contributed by atoms with Crippen molar-refractivity contribution in [3.63, 3.8) is 0 Å². The normalized spacial score (nSPS) is 19.4. The van der Waals surface area contributed by atoms with Crippen molar-refractivity contribution < 1.29 is 13.9 Å². The molecule has 7 nitrogen and oxygen atoms in total. The van der Waals surface area contributed by atoms with Crippen LogP contribution in [-0.2, 0) is 16.0 Å². The molecule has 3 heterocycles. The maximum absolute atomic E-state index is 12.7. The Kier molecular flexibility index (Phi) is 7.56. The third kappa shape index (κ3) is 5.73. The average molecular weight is 377 g/mol. The Morgan fingerprint density at radius 2 is 2.00 bits per heavy atom. The lowest BCUT2D eigenvalue weighted by atomic mass is 9.95. The fraction of sp³-hybridized carbons (Fsp3) is 0.700. The molecule has 2 aliphatic heterocycles. The van der Waals surface area contributed by atoms with Crippen LogP contribution in [0.1, 0.15) is 31.9 Å². The molecule has 150 valence electrons. The van der Waals surface area contributed by atoms with Crippen molar-refractivity contribution in [1.82, 2.24) is 15.1 Å². The van der Waals surface area contributed by atoms with E-state index in [1.54, 1.807) is 6.26 Å². The molecule has 2 fully saturated rings. The van der Waals surface area contributed by atoms with Gasteiger partial charge in [-0.3, -0.25) is 9.79 Å². The highest BCUT2D eigenvalue weighted by Gasteiger charge is 2.30. The van der Waals surface area contributed by atoms with Gasteiger partial charge in [-0.2, -0.15) is 0 Å². The first kappa shape index (κ1) is 19.7. The summed E-state index contributed by atoms with van der Waals surface area (Å²) >= 11 is 0. The van der Waals surface area contributed by atoms with Crippen LogP contribution in [-0.4, -0.2) is 74.1 Å². The molecule has 0 radical (unpaired) electrons. The highest BCUT2D eigenvalue weighted by molar-refractivity contribution is 5.82. The van der Waals surface area contributed by atoms with Gasteiger partial charge >= 0.3 is 0 Å². The number of guanidine groups is 1. The molecule has 1 aromatic rings. The van der Waals surface area contributed by atoms with Crippen LogP contribution < -0.4 is 5.32 Å². The van der Waals surface area contributed by atoms with Gasteiger partial charge in [0.05, 0.1) is 19.5 Å². The second-order valence-electron chi connectivity index (χ2n) is 7.16. The molecule has 27 heavy (non-hydrogen) atoms. The number of hydrogen-bond donors (Lipinski definition) is 1. The van der Waals surface area contributed by atoms with Gasteiger partial charge in [0.15, 0.2) is 5.96 Å². The number of nitrogens with zero attached hydrogens (tertiary/aromatic N) is 3. The smallest absolute Gasteiger partial charge is 0.225 e. The summed E-state index contributed by atoms with van der Waals surface area (Å²) in [5.41, 5.74) is 0. The fourth-order valence-electron chi connectivity index (χ4n) is 3.62. The van der Waals surface area contributed by atoms with Gasteiger partial charge in [-0.15, -0.1) is 0 Å². The number of rotatable bonds is 6. The Labute approximate surface area is 161 Å². The number of hydrogen-bond acceptors (Lipinski definition) is 4. The number of ether oxygens (including phenoxy) is 1. The van der Waals surface area contributed by atoms with Gasteiger partial charge in [-0.25, -0.2) is 0 Å². The van der Waals surface area contributed by atoms with Crippen molar-refractivity contribution in [3.8, 4) is 0 Å². The Morgan fingerprint density at radius 1 is 1.22 bits per heavy atom. The maximum atomic E-state index is 12.7. The van der Waals surface area contributed by atoms with E-state index in [9.17, 15) is 4.79 Å². The van der Waals surface area contributed by atoms with Gasteiger partial charge < -0.3 is 24.3 Å². The van der Waals surface area contributed by atoms with E-state index < -0.39 is 0 Å². The zero-order chi connectivity index (χ0) is 18.9. The van der Waals surface area contributed by atoms with E-state index in [-0.39, 0.29) is 5.92 Å². The van der Waals surface area contributed by atoms with Crippen LogP contribution in [0, 0.1) is 5.92 Å². The van der Waals surface area contributed by atoms with Gasteiger partial charge in [0.2, 0.25) is 5.91 Å². The number of amides is 1. The maximum Gasteiger partial charge on any atom is 0.225 e. The van der Waals surface area contributed by atoms with E-state index in [0.29, 0.717) is 19.1 Å². The molecule has 0 bridgehead atoms. The third-order valence-corrected chi connectivity index (χ3v) is 5.19. The lowest BCUT2D eigenvalue weighted by molar-refractivity contribution is -0.140. The molecule has 0 aliphatic carbocycles. The SMILES string of the molecule is CCCN=C(NCCc1ccco1)N1CCC(C(=O)N2CCOCC2)CC1. The first-order valence-electron chi connectivity index (χ1n) is 10.2. The number of likely N-dealkylation sites (tertiary alicyclic amines) is 1. The number of nitrogens with one attached hydrogen (secondary N) is 1. The molecule has 3 rings (SSSR count). The number of morpholine rings is 1. The zero-order valence-corrected chi connectivity index (χ0v) is 16.4. The third-order valence-electron chi connectivity index (χ3n) is 5.19. The molecule has 0 aromatic carbocycles. The minimum absolute atomic E-state index is 0.134. The standard InChI is InChI=1S/C20H32N4O3/c1-2-8-21-20(22-9-5-18-4-3-14-27-18)24-10-6-17(7-11-24)19(25)23-12-15-26-16-13-23/h3-4,14,17H,2,5-13,15-16H2,1H3,(H,21,22). The predicted molar refractivity (Wildman–Crippen MR) is 105 cm³/mol. The highest BCUT2D eigenvalue weighted by atomic mass is 16.5. The highest BCUT2D eigenvalue weighted by Crippen LogP contribution is 2.20. The van der Waals surface area contributed by atoms with E-state index >= 15 is 0 Å². The molecular weight excluding hydrogens is 344 g/mol. The Morgan fingerprint density at radius 3 is 2.67 bits per heavy atom. The van der Waals surface area contributed by atoms with E-state index in [4.69, 9.17) is 14.1 Å². The number of furan rings is 1. The summed E-state index contributed by atoms with van der Waals surface area (Å²) in [5.74, 6) is 2.37. The molecule has 1 N–H and O–H groups in total. The van der Waals surface area contributed by atoms with Crippen LogP contribution in [0.2, 0.25) is 0 Å². The van der Waals surface area contributed by atoms with Crippen LogP contribution in [0.5, 0.6) is 0 Å². The van der Waals surface area contributed by atoms with Crippen LogP contribution >= 0.6 is 0 Å². The van der Waals surface area contributed by atoms with Gasteiger partial charge in [0.25, 0.3) is 0 Å². The number of piperidine rings is 1. The second-order valence-corrected chi connectivity index (χ2v) is 7.16. The van der Waals surface area contributed by atoms with Crippen LogP contribution in [0.25, 0.3) is 0 Å². The average Bonchev–Trinajstić information content (AvgIpc) is 3.24. The number of carbonyl (C=O) groups excluding carboxylic acids is 1. The summed E-state index contributed by atoms with van der Waals surface area (Å²) in [4.78, 5) is 21.7. The Balaban J connectivity index is 1.48. The van der Waals surface area contributed by atoms with E-state index in [2.05, 4.69) is 17.1 Å². The lowest BCUT2D eigenvalue weighted by Gasteiger charge is -2.36. The van der Waals surface area contributed by atoms with Gasteiger partial charge in [-0.1, -0.05) is 6.92 Å². The summed E-state index contributed by atoms with van der Waals surface area (Å²) in [6, 6.07) is 3.91. The van der Waals surface area contributed by atoms with E-state index in [1.807, 2.05) is 17.0 Å². The van der Waals surface area contributed by atoms with Crippen molar-refractivity contribution in [2.45, 2.75) is 32.6 Å². The summed E-state index contributed by atoms with van der Waals surface area (Å²) in [7, 11) is 0. The summed E-state index contributed by atoms with van der Waals surface area (Å²) in [6.45, 7) is 8.28. The number of carbonyl (C=O) groups is 1. The molecule has 0 spiro atoms. The van der Waals surface area contributed by atoms with Crippen molar-refractivity contribution >= 4 is 11.9 Å². The van der Waals surface area contributed by atoms with Crippen LogP contribution in [0.3, 0.4) is 0 Å². The molecule has 1 amide bonds. The molecule has 0 atom stereocenters. The minimum Gasteiger partial charge on any atom is -0.469 e. The van der Waals surface area contributed by atoms with Gasteiger partial charge in [0.1, 0.15) is 5.76 Å². The fourth-order valence-corrected chi connectivity index (χ4v) is 3.62. The Hall–Kier alpha value is -2.02. The molecule has 0 unspecified atom stereocenters. The zero-order valence-electron chi connectivity index (χ0n) is 16.4. The Bertz CT molecular complexity index is 588. The summed E-state index contributed by atoms with van der Waals surface area (Å²) < 4.78 is 10.8. The first-order chi connectivity index (χ1) is 13.3. The van der Waals surface area contributed by atoms with Crippen molar-refractivity contribution in [3.05, 3.63) is 24.2 Å². The molecule has 2 aliphatic rings. The first-order valence-corrected chi connectivity index (χ1v) is 10.2. The van der Waals surface area contributed by atoms with Crippen molar-refractivity contribution in [2.24, 2.45) is 10.9 Å². The van der Waals surface area contributed by atoms with Gasteiger partial charge in [0, 0.05) is 51.6 Å². The van der Waals surface area contributed by atoms with Crippen LogP contribution in [0.15, 0.2) is 27.8 Å². The summed E-state index contributed by atoms with van der Waals surface area (Å²) in [6.07, 6.45) is 5.35. The van der Waals surface area contributed by atoms with Crippen LogP contribution in [0.4, 0.5) is 0 Å². The topological polar surface area (TPSA) is 70.3 Å². The van der Waals surface area contributed by atoms with Crippen molar-refractivity contribution in [1.29, 1.82) is 0 Å². The van der Waals surface area contributed by atoms with Gasteiger partial charge in [-0.05, 0) is 31.4 Å². The van der Waals surface area contributed by atoms with E-state index in [0.717, 1.165) is 76.7 Å². The quantitative estimate of drug-likeness (QED) is 0.605.